The van der Waals surface area contributed by atoms with E-state index in [2.05, 4.69) is 32.6 Å². The summed E-state index contributed by atoms with van der Waals surface area (Å²) in [4.78, 5) is 0. The van der Waals surface area contributed by atoms with Gasteiger partial charge in [0.1, 0.15) is 0 Å². The van der Waals surface area contributed by atoms with E-state index in [1.165, 1.54) is 12.8 Å². The second-order valence-corrected chi connectivity index (χ2v) is 4.27. The van der Waals surface area contributed by atoms with E-state index < -0.39 is 0 Å². The smallest absolute Gasteiger partial charge is 0.0279 e. The van der Waals surface area contributed by atoms with Gasteiger partial charge in [-0.15, -0.1) is 5.92 Å². The third-order valence-corrected chi connectivity index (χ3v) is 2.76. The van der Waals surface area contributed by atoms with Gasteiger partial charge in [-0.25, -0.2) is 0 Å². The zero-order valence-electron chi connectivity index (χ0n) is 8.07. The van der Waals surface area contributed by atoms with E-state index in [0.29, 0.717) is 11.3 Å². The highest BCUT2D eigenvalue weighted by molar-refractivity contribution is 5.12. The van der Waals surface area contributed by atoms with Crippen LogP contribution in [-0.2, 0) is 0 Å². The van der Waals surface area contributed by atoms with Crippen LogP contribution in [0.4, 0.5) is 0 Å². The van der Waals surface area contributed by atoms with E-state index in [0.717, 1.165) is 5.92 Å². The molecule has 11 heavy (non-hydrogen) atoms. The molecule has 0 heterocycles. The lowest BCUT2D eigenvalue weighted by atomic mass is 9.82. The van der Waals surface area contributed by atoms with Crippen molar-refractivity contribution in [2.24, 2.45) is 17.3 Å². The molecule has 0 heteroatoms. The Bertz CT molecular complexity index is 186. The number of hydrogen-bond donors (Lipinski definition) is 0. The minimum atomic E-state index is 0.567. The highest BCUT2D eigenvalue weighted by Crippen LogP contribution is 2.53. The zero-order valence-corrected chi connectivity index (χ0v) is 8.07. The molecule has 0 bridgehead atoms. The fourth-order valence-corrected chi connectivity index (χ4v) is 1.81. The second-order valence-electron chi connectivity index (χ2n) is 4.27. The van der Waals surface area contributed by atoms with Crippen molar-refractivity contribution in [2.45, 2.75) is 40.5 Å². The Labute approximate surface area is 70.4 Å². The number of rotatable bonds is 2. The van der Waals surface area contributed by atoms with Crippen molar-refractivity contribution in [1.29, 1.82) is 0 Å². The van der Waals surface area contributed by atoms with E-state index in [1.54, 1.807) is 0 Å². The maximum absolute atomic E-state index is 3.33. The molecule has 1 aliphatic rings. The van der Waals surface area contributed by atoms with E-state index in [-0.39, 0.29) is 0 Å². The standard InChI is InChI=1S/C11H18/c1-5-6-10(9(2)3)11(4)7-8-11/h9-10H,7-8H2,1-4H3. The Morgan fingerprint density at radius 3 is 2.09 bits per heavy atom. The summed E-state index contributed by atoms with van der Waals surface area (Å²) in [5, 5.41) is 0. The van der Waals surface area contributed by atoms with Crippen LogP contribution in [0.5, 0.6) is 0 Å². The van der Waals surface area contributed by atoms with Gasteiger partial charge in [0.05, 0.1) is 0 Å². The second kappa shape index (κ2) is 2.89. The van der Waals surface area contributed by atoms with Gasteiger partial charge in [0, 0.05) is 5.92 Å². The molecule has 1 saturated carbocycles. The molecule has 0 aromatic rings. The Hall–Kier alpha value is -0.440. The van der Waals surface area contributed by atoms with E-state index >= 15 is 0 Å². The molecule has 0 N–H and O–H groups in total. The summed E-state index contributed by atoms with van der Waals surface area (Å²) < 4.78 is 0. The molecule has 0 spiro atoms. The molecule has 62 valence electrons. The summed E-state index contributed by atoms with van der Waals surface area (Å²) in [5.74, 6) is 7.73. The van der Waals surface area contributed by atoms with Gasteiger partial charge in [-0.2, -0.15) is 0 Å². The summed E-state index contributed by atoms with van der Waals surface area (Å²) in [5.41, 5.74) is 0.567. The molecule has 1 rings (SSSR count). The van der Waals surface area contributed by atoms with Crippen molar-refractivity contribution in [3.05, 3.63) is 0 Å². The van der Waals surface area contributed by atoms with Crippen LogP contribution in [0.2, 0.25) is 0 Å². The van der Waals surface area contributed by atoms with Gasteiger partial charge in [0.25, 0.3) is 0 Å². The van der Waals surface area contributed by atoms with Crippen molar-refractivity contribution in [3.63, 3.8) is 0 Å². The summed E-state index contributed by atoms with van der Waals surface area (Å²) in [6, 6.07) is 0. The van der Waals surface area contributed by atoms with Gasteiger partial charge in [-0.3, -0.25) is 0 Å². The monoisotopic (exact) mass is 150 g/mol. The first kappa shape index (κ1) is 8.65. The van der Waals surface area contributed by atoms with E-state index in [1.807, 2.05) is 6.92 Å². The minimum Gasteiger partial charge on any atom is -0.106 e. The van der Waals surface area contributed by atoms with Gasteiger partial charge in [-0.1, -0.05) is 26.7 Å². The molecule has 0 amide bonds. The van der Waals surface area contributed by atoms with Crippen LogP contribution in [-0.4, -0.2) is 0 Å². The maximum Gasteiger partial charge on any atom is 0.0279 e. The Morgan fingerprint density at radius 1 is 1.27 bits per heavy atom. The van der Waals surface area contributed by atoms with Gasteiger partial charge in [0.2, 0.25) is 0 Å². The zero-order chi connectivity index (χ0) is 8.48. The van der Waals surface area contributed by atoms with Crippen LogP contribution >= 0.6 is 0 Å². The molecule has 1 fully saturated rings. The van der Waals surface area contributed by atoms with E-state index in [9.17, 15) is 0 Å². The summed E-state index contributed by atoms with van der Waals surface area (Å²) in [6.07, 6.45) is 2.76. The average Bonchev–Trinajstić information content (AvgIpc) is 2.63. The average molecular weight is 150 g/mol. The Balaban J connectivity index is 2.65. The normalized spacial score (nSPS) is 22.3. The van der Waals surface area contributed by atoms with Crippen molar-refractivity contribution in [3.8, 4) is 11.8 Å². The molecule has 1 unspecified atom stereocenters. The fourth-order valence-electron chi connectivity index (χ4n) is 1.81. The first-order chi connectivity index (χ1) is 5.10. The molecular formula is C11H18. The van der Waals surface area contributed by atoms with Crippen LogP contribution in [0.15, 0.2) is 0 Å². The van der Waals surface area contributed by atoms with E-state index in [4.69, 9.17) is 0 Å². The SMILES string of the molecule is CC#CC(C(C)C)C1(C)CC1. The van der Waals surface area contributed by atoms with Gasteiger partial charge in [-0.05, 0) is 31.1 Å². The molecule has 1 atom stereocenters. The van der Waals surface area contributed by atoms with Crippen LogP contribution in [0.25, 0.3) is 0 Å². The molecule has 0 radical (unpaired) electrons. The molecule has 0 nitrogen and oxygen atoms in total. The summed E-state index contributed by atoms with van der Waals surface area (Å²) >= 11 is 0. The molecule has 0 saturated heterocycles. The maximum atomic E-state index is 3.33. The molecule has 0 aliphatic heterocycles. The minimum absolute atomic E-state index is 0.567. The highest BCUT2D eigenvalue weighted by Gasteiger charge is 2.45. The summed E-state index contributed by atoms with van der Waals surface area (Å²) in [6.45, 7) is 8.86. The lowest BCUT2D eigenvalue weighted by Gasteiger charge is -2.21. The highest BCUT2D eigenvalue weighted by atomic mass is 14.5. The topological polar surface area (TPSA) is 0 Å². The molecule has 1 aliphatic carbocycles. The van der Waals surface area contributed by atoms with Gasteiger partial charge in [0.15, 0.2) is 0 Å². The fraction of sp³-hybridized carbons (Fsp3) is 0.818. The van der Waals surface area contributed by atoms with Gasteiger partial charge < -0.3 is 0 Å². The third kappa shape index (κ3) is 1.77. The van der Waals surface area contributed by atoms with Crippen molar-refractivity contribution < 1.29 is 0 Å². The summed E-state index contributed by atoms with van der Waals surface area (Å²) in [7, 11) is 0. The van der Waals surface area contributed by atoms with Crippen molar-refractivity contribution in [2.75, 3.05) is 0 Å². The predicted octanol–water partition coefficient (Wildman–Crippen LogP) is 3.08. The first-order valence-electron chi connectivity index (χ1n) is 4.52. The van der Waals surface area contributed by atoms with Gasteiger partial charge >= 0.3 is 0 Å². The lowest BCUT2D eigenvalue weighted by molar-refractivity contribution is 0.326. The van der Waals surface area contributed by atoms with Crippen LogP contribution < -0.4 is 0 Å². The number of hydrogen-bond acceptors (Lipinski definition) is 0. The Morgan fingerprint density at radius 2 is 1.82 bits per heavy atom. The lowest BCUT2D eigenvalue weighted by Crippen LogP contribution is -2.16. The van der Waals surface area contributed by atoms with Crippen LogP contribution in [0.3, 0.4) is 0 Å². The molecule has 0 aromatic carbocycles. The van der Waals surface area contributed by atoms with Crippen molar-refractivity contribution >= 4 is 0 Å². The predicted molar refractivity (Wildman–Crippen MR) is 49.1 cm³/mol. The van der Waals surface area contributed by atoms with Crippen LogP contribution in [0, 0.1) is 29.1 Å². The molecule has 0 aromatic heterocycles. The Kier molecular flexibility index (Phi) is 2.28. The molecular weight excluding hydrogens is 132 g/mol. The largest absolute Gasteiger partial charge is 0.106 e. The third-order valence-electron chi connectivity index (χ3n) is 2.76. The van der Waals surface area contributed by atoms with Crippen molar-refractivity contribution in [1.82, 2.24) is 0 Å². The quantitative estimate of drug-likeness (QED) is 0.531. The van der Waals surface area contributed by atoms with Crippen LogP contribution in [0.1, 0.15) is 40.5 Å². The first-order valence-corrected chi connectivity index (χ1v) is 4.52.